The summed E-state index contributed by atoms with van der Waals surface area (Å²) in [6.07, 6.45) is 0.364. The molecule has 0 aliphatic carbocycles. The van der Waals surface area contributed by atoms with Crippen molar-refractivity contribution in [2.75, 3.05) is 6.61 Å². The molecule has 0 radical (unpaired) electrons. The van der Waals surface area contributed by atoms with Crippen LogP contribution < -0.4 is 10.1 Å². The lowest BCUT2D eigenvalue weighted by atomic mass is 9.84. The highest BCUT2D eigenvalue weighted by atomic mass is 16.5. The van der Waals surface area contributed by atoms with Crippen molar-refractivity contribution in [1.29, 1.82) is 0 Å². The third-order valence-electron chi connectivity index (χ3n) is 5.40. The summed E-state index contributed by atoms with van der Waals surface area (Å²) in [5.41, 5.74) is 1.39. The number of nitrogens with one attached hydrogen (secondary N) is 1. The SMILES string of the molecule is Cc1ccccc1-c1noc(CN2C(=O)NC3(CCOc4ccccc43)C2=O)n1. The van der Waals surface area contributed by atoms with E-state index in [2.05, 4.69) is 15.5 Å². The van der Waals surface area contributed by atoms with Crippen LogP contribution in [0.2, 0.25) is 0 Å². The molecular formula is C21H18N4O4. The molecule has 1 spiro atoms. The van der Waals surface area contributed by atoms with Crippen molar-refractivity contribution in [3.63, 3.8) is 0 Å². The number of fused-ring (bicyclic) bond motifs is 2. The summed E-state index contributed by atoms with van der Waals surface area (Å²) in [6, 6.07) is 14.4. The van der Waals surface area contributed by atoms with E-state index in [9.17, 15) is 9.59 Å². The van der Waals surface area contributed by atoms with E-state index in [1.54, 1.807) is 12.1 Å². The van der Waals surface area contributed by atoms with Crippen LogP contribution >= 0.6 is 0 Å². The number of urea groups is 1. The number of para-hydroxylation sites is 1. The van der Waals surface area contributed by atoms with Crippen LogP contribution in [0.3, 0.4) is 0 Å². The molecule has 2 aliphatic heterocycles. The van der Waals surface area contributed by atoms with Crippen LogP contribution in [-0.4, -0.2) is 33.6 Å². The summed E-state index contributed by atoms with van der Waals surface area (Å²) in [5, 5.41) is 6.86. The monoisotopic (exact) mass is 390 g/mol. The first kappa shape index (κ1) is 17.4. The highest BCUT2D eigenvalue weighted by Gasteiger charge is 2.55. The lowest BCUT2D eigenvalue weighted by Gasteiger charge is -2.33. The number of aromatic nitrogens is 2. The van der Waals surface area contributed by atoms with E-state index in [0.29, 0.717) is 30.2 Å². The Kier molecular flexibility index (Phi) is 3.87. The highest BCUT2D eigenvalue weighted by molar-refractivity contribution is 6.07. The molecule has 2 aromatic carbocycles. The number of amides is 3. The average molecular weight is 390 g/mol. The van der Waals surface area contributed by atoms with Crippen LogP contribution in [0.1, 0.15) is 23.4 Å². The molecule has 1 saturated heterocycles. The molecule has 0 saturated carbocycles. The number of nitrogens with zero attached hydrogens (tertiary/aromatic N) is 3. The second-order valence-electron chi connectivity index (χ2n) is 7.15. The molecular weight excluding hydrogens is 372 g/mol. The van der Waals surface area contributed by atoms with Crippen molar-refractivity contribution in [3.8, 4) is 17.1 Å². The van der Waals surface area contributed by atoms with E-state index in [1.165, 1.54) is 0 Å². The second-order valence-corrected chi connectivity index (χ2v) is 7.15. The molecule has 29 heavy (non-hydrogen) atoms. The maximum Gasteiger partial charge on any atom is 0.325 e. The summed E-state index contributed by atoms with van der Waals surface area (Å²) in [7, 11) is 0. The lowest BCUT2D eigenvalue weighted by molar-refractivity contribution is -0.133. The fourth-order valence-electron chi connectivity index (χ4n) is 3.90. The average Bonchev–Trinajstić information content (AvgIpc) is 3.28. The Morgan fingerprint density at radius 3 is 2.79 bits per heavy atom. The zero-order valence-electron chi connectivity index (χ0n) is 15.7. The summed E-state index contributed by atoms with van der Waals surface area (Å²) < 4.78 is 11.0. The normalized spacial score (nSPS) is 20.5. The van der Waals surface area contributed by atoms with Gasteiger partial charge in [-0.1, -0.05) is 47.6 Å². The van der Waals surface area contributed by atoms with Gasteiger partial charge in [-0.15, -0.1) is 0 Å². The van der Waals surface area contributed by atoms with Crippen molar-refractivity contribution in [2.45, 2.75) is 25.4 Å². The first-order valence-corrected chi connectivity index (χ1v) is 9.33. The van der Waals surface area contributed by atoms with Crippen molar-refractivity contribution >= 4 is 11.9 Å². The number of hydrogen-bond acceptors (Lipinski definition) is 6. The Labute approximate surface area is 166 Å². The van der Waals surface area contributed by atoms with Gasteiger partial charge in [0.15, 0.2) is 5.54 Å². The van der Waals surface area contributed by atoms with E-state index in [0.717, 1.165) is 16.0 Å². The molecule has 8 heteroatoms. The van der Waals surface area contributed by atoms with Gasteiger partial charge in [0.05, 0.1) is 6.61 Å². The van der Waals surface area contributed by atoms with Gasteiger partial charge in [0, 0.05) is 17.5 Å². The van der Waals surface area contributed by atoms with Crippen molar-refractivity contribution in [3.05, 3.63) is 65.5 Å². The lowest BCUT2D eigenvalue weighted by Crippen LogP contribution is -2.47. The van der Waals surface area contributed by atoms with Gasteiger partial charge in [0.25, 0.3) is 5.91 Å². The molecule has 146 valence electrons. The molecule has 1 fully saturated rings. The quantitative estimate of drug-likeness (QED) is 0.691. The summed E-state index contributed by atoms with van der Waals surface area (Å²) in [6.45, 7) is 2.21. The molecule has 1 atom stereocenters. The highest BCUT2D eigenvalue weighted by Crippen LogP contribution is 2.41. The molecule has 3 amide bonds. The van der Waals surface area contributed by atoms with Crippen molar-refractivity contribution in [2.24, 2.45) is 0 Å². The Morgan fingerprint density at radius 2 is 1.93 bits per heavy atom. The summed E-state index contributed by atoms with van der Waals surface area (Å²) in [5.74, 6) is 0.892. The van der Waals surface area contributed by atoms with E-state index in [-0.39, 0.29) is 18.3 Å². The van der Waals surface area contributed by atoms with E-state index < -0.39 is 11.6 Å². The summed E-state index contributed by atoms with van der Waals surface area (Å²) in [4.78, 5) is 31.5. The van der Waals surface area contributed by atoms with E-state index in [1.807, 2.05) is 43.3 Å². The van der Waals surface area contributed by atoms with Crippen LogP contribution in [-0.2, 0) is 16.9 Å². The van der Waals surface area contributed by atoms with Crippen LogP contribution in [0.15, 0.2) is 53.1 Å². The minimum Gasteiger partial charge on any atom is -0.493 e. The van der Waals surface area contributed by atoms with Gasteiger partial charge in [-0.25, -0.2) is 4.79 Å². The maximum atomic E-state index is 13.3. The van der Waals surface area contributed by atoms with Crippen LogP contribution in [0.4, 0.5) is 4.79 Å². The molecule has 1 unspecified atom stereocenters. The van der Waals surface area contributed by atoms with Gasteiger partial charge in [-0.05, 0) is 18.6 Å². The predicted octanol–water partition coefficient (Wildman–Crippen LogP) is 2.77. The first-order valence-electron chi connectivity index (χ1n) is 9.33. The standard InChI is InChI=1S/C21H18N4O4/c1-13-6-2-3-7-14(13)18-22-17(29-24-18)12-25-19(26)21(23-20(25)27)10-11-28-16-9-5-4-8-15(16)21/h2-9H,10-12H2,1H3,(H,23,27). The van der Waals surface area contributed by atoms with Crippen LogP contribution in [0.5, 0.6) is 5.75 Å². The van der Waals surface area contributed by atoms with Crippen LogP contribution in [0, 0.1) is 6.92 Å². The number of carbonyl (C=O) groups excluding carboxylic acids is 2. The summed E-state index contributed by atoms with van der Waals surface area (Å²) >= 11 is 0. The number of benzene rings is 2. The molecule has 3 heterocycles. The van der Waals surface area contributed by atoms with Gasteiger partial charge in [-0.2, -0.15) is 4.98 Å². The Balaban J connectivity index is 1.44. The zero-order chi connectivity index (χ0) is 20.0. The molecule has 0 bridgehead atoms. The van der Waals surface area contributed by atoms with E-state index in [4.69, 9.17) is 9.26 Å². The Morgan fingerprint density at radius 1 is 1.14 bits per heavy atom. The Hall–Kier alpha value is -3.68. The number of hydrogen-bond donors (Lipinski definition) is 1. The van der Waals surface area contributed by atoms with Gasteiger partial charge in [0.2, 0.25) is 11.7 Å². The predicted molar refractivity (Wildman–Crippen MR) is 102 cm³/mol. The number of imide groups is 1. The molecule has 3 aromatic rings. The molecule has 8 nitrogen and oxygen atoms in total. The fourth-order valence-corrected chi connectivity index (χ4v) is 3.90. The first-order chi connectivity index (χ1) is 14.1. The van der Waals surface area contributed by atoms with Crippen molar-refractivity contribution < 1.29 is 18.8 Å². The molecule has 2 aliphatic rings. The van der Waals surface area contributed by atoms with Crippen LogP contribution in [0.25, 0.3) is 11.4 Å². The largest absolute Gasteiger partial charge is 0.493 e. The van der Waals surface area contributed by atoms with Gasteiger partial charge < -0.3 is 14.6 Å². The third kappa shape index (κ3) is 2.67. The molecule has 5 rings (SSSR count). The van der Waals surface area contributed by atoms with Gasteiger partial charge in [0.1, 0.15) is 12.3 Å². The topological polar surface area (TPSA) is 97.6 Å². The minimum atomic E-state index is -1.12. The number of ether oxygens (including phenoxy) is 1. The van der Waals surface area contributed by atoms with Gasteiger partial charge in [-0.3, -0.25) is 9.69 Å². The number of aryl methyl sites for hydroxylation is 1. The smallest absolute Gasteiger partial charge is 0.325 e. The Bertz CT molecular complexity index is 1130. The minimum absolute atomic E-state index is 0.0890. The van der Waals surface area contributed by atoms with E-state index >= 15 is 0 Å². The van der Waals surface area contributed by atoms with Crippen molar-refractivity contribution in [1.82, 2.24) is 20.4 Å². The van der Waals surface area contributed by atoms with Gasteiger partial charge >= 0.3 is 6.03 Å². The zero-order valence-corrected chi connectivity index (χ0v) is 15.7. The maximum absolute atomic E-state index is 13.3. The number of carbonyl (C=O) groups is 2. The number of rotatable bonds is 3. The molecule has 1 aromatic heterocycles. The second kappa shape index (κ2) is 6.44. The fraction of sp³-hybridized carbons (Fsp3) is 0.238. The third-order valence-corrected chi connectivity index (χ3v) is 5.40. The molecule has 1 N–H and O–H groups in total.